The number of likely N-dealkylation sites (tertiary alicyclic amines) is 1. The highest BCUT2D eigenvalue weighted by molar-refractivity contribution is 5.36. The molecule has 2 aliphatic rings. The van der Waals surface area contributed by atoms with Crippen LogP contribution in [0.2, 0.25) is 0 Å². The maximum absolute atomic E-state index is 6.28. The maximum atomic E-state index is 6.28. The van der Waals surface area contributed by atoms with Gasteiger partial charge in [0, 0.05) is 37.6 Å². The molecule has 1 spiro atoms. The fraction of sp³-hybridized carbons (Fsp3) is 0.364. The lowest BCUT2D eigenvalue weighted by Gasteiger charge is -2.39. The summed E-state index contributed by atoms with van der Waals surface area (Å²) >= 11 is 0. The van der Waals surface area contributed by atoms with Crippen LogP contribution in [0.25, 0.3) is 5.82 Å². The van der Waals surface area contributed by atoms with Gasteiger partial charge in [0.1, 0.15) is 0 Å². The molecule has 2 aromatic heterocycles. The number of aromatic nitrogens is 3. The third-order valence-electron chi connectivity index (χ3n) is 5.95. The van der Waals surface area contributed by atoms with E-state index in [-0.39, 0.29) is 5.60 Å². The molecule has 0 atom stereocenters. The van der Waals surface area contributed by atoms with Gasteiger partial charge in [-0.3, -0.25) is 4.90 Å². The van der Waals surface area contributed by atoms with Crippen LogP contribution in [-0.4, -0.2) is 32.8 Å². The lowest BCUT2D eigenvalue weighted by Crippen LogP contribution is -2.42. The van der Waals surface area contributed by atoms with Crippen molar-refractivity contribution in [1.82, 2.24) is 19.7 Å². The standard InChI is InChI=1S/C22H24N4O/c1-17-19(15-26(24-17)21-8-4-5-11-23-21)14-25-12-9-22(10-13-25)20-7-3-2-6-18(20)16-27-22/h2-8,11,15H,9-10,12-14,16H2,1H3. The highest BCUT2D eigenvalue weighted by atomic mass is 16.5. The van der Waals surface area contributed by atoms with Crippen LogP contribution < -0.4 is 0 Å². The Labute approximate surface area is 159 Å². The summed E-state index contributed by atoms with van der Waals surface area (Å²) in [5.41, 5.74) is 5.04. The number of aryl methyl sites for hydroxylation is 1. The lowest BCUT2D eigenvalue weighted by atomic mass is 9.84. The quantitative estimate of drug-likeness (QED) is 0.716. The fourth-order valence-corrected chi connectivity index (χ4v) is 4.37. The molecule has 138 valence electrons. The number of piperidine rings is 1. The summed E-state index contributed by atoms with van der Waals surface area (Å²) in [6, 6.07) is 14.6. The van der Waals surface area contributed by atoms with E-state index in [1.807, 2.05) is 22.9 Å². The zero-order valence-corrected chi connectivity index (χ0v) is 15.6. The minimum absolute atomic E-state index is 0.0692. The van der Waals surface area contributed by atoms with Crippen LogP contribution >= 0.6 is 0 Å². The van der Waals surface area contributed by atoms with Gasteiger partial charge < -0.3 is 4.74 Å². The third-order valence-corrected chi connectivity index (χ3v) is 5.95. The number of rotatable bonds is 3. The number of fused-ring (bicyclic) bond motifs is 2. The van der Waals surface area contributed by atoms with E-state index in [1.54, 1.807) is 6.20 Å². The van der Waals surface area contributed by atoms with Crippen molar-refractivity contribution >= 4 is 0 Å². The van der Waals surface area contributed by atoms with E-state index in [1.165, 1.54) is 16.7 Å². The van der Waals surface area contributed by atoms with Crippen molar-refractivity contribution in [3.63, 3.8) is 0 Å². The molecule has 0 saturated carbocycles. The van der Waals surface area contributed by atoms with Gasteiger partial charge in [0.2, 0.25) is 0 Å². The number of hydrogen-bond donors (Lipinski definition) is 0. The number of pyridine rings is 1. The van der Waals surface area contributed by atoms with Crippen molar-refractivity contribution < 1.29 is 4.74 Å². The monoisotopic (exact) mass is 360 g/mol. The van der Waals surface area contributed by atoms with Crippen molar-refractivity contribution in [2.45, 2.75) is 38.5 Å². The highest BCUT2D eigenvalue weighted by Gasteiger charge is 2.42. The molecule has 0 aliphatic carbocycles. The first-order valence-electron chi connectivity index (χ1n) is 9.65. The Morgan fingerprint density at radius 2 is 1.89 bits per heavy atom. The highest BCUT2D eigenvalue weighted by Crippen LogP contribution is 2.44. The minimum atomic E-state index is -0.0692. The molecule has 5 nitrogen and oxygen atoms in total. The van der Waals surface area contributed by atoms with E-state index in [0.29, 0.717) is 0 Å². The second-order valence-corrected chi connectivity index (χ2v) is 7.59. The predicted octanol–water partition coefficient (Wildman–Crippen LogP) is 3.60. The SMILES string of the molecule is Cc1nn(-c2ccccn2)cc1CN1CCC2(CC1)OCc1ccccc12. The maximum Gasteiger partial charge on any atom is 0.153 e. The summed E-state index contributed by atoms with van der Waals surface area (Å²) in [6.07, 6.45) is 6.02. The first kappa shape index (κ1) is 16.7. The zero-order chi connectivity index (χ0) is 18.3. The largest absolute Gasteiger partial charge is 0.365 e. The molecular formula is C22H24N4O. The molecule has 0 amide bonds. The molecular weight excluding hydrogens is 336 g/mol. The average Bonchev–Trinajstić information content (AvgIpc) is 3.26. The summed E-state index contributed by atoms with van der Waals surface area (Å²) in [6.45, 7) is 5.85. The van der Waals surface area contributed by atoms with Crippen LogP contribution in [0, 0.1) is 6.92 Å². The molecule has 1 fully saturated rings. The molecule has 3 aromatic rings. The molecule has 2 aliphatic heterocycles. The number of benzene rings is 1. The summed E-state index contributed by atoms with van der Waals surface area (Å²) in [5, 5.41) is 4.65. The Kier molecular flexibility index (Phi) is 4.06. The molecule has 4 heterocycles. The summed E-state index contributed by atoms with van der Waals surface area (Å²) < 4.78 is 8.17. The van der Waals surface area contributed by atoms with Crippen molar-refractivity contribution in [2.75, 3.05) is 13.1 Å². The summed E-state index contributed by atoms with van der Waals surface area (Å²) in [5.74, 6) is 0.861. The Morgan fingerprint density at radius 3 is 2.70 bits per heavy atom. The van der Waals surface area contributed by atoms with Gasteiger partial charge >= 0.3 is 0 Å². The second kappa shape index (κ2) is 6.59. The molecule has 27 heavy (non-hydrogen) atoms. The van der Waals surface area contributed by atoms with E-state index < -0.39 is 0 Å². The van der Waals surface area contributed by atoms with Gasteiger partial charge in [-0.2, -0.15) is 5.10 Å². The minimum Gasteiger partial charge on any atom is -0.365 e. The van der Waals surface area contributed by atoms with Crippen LogP contribution in [0.5, 0.6) is 0 Å². The molecule has 0 N–H and O–H groups in total. The van der Waals surface area contributed by atoms with E-state index in [2.05, 4.69) is 52.4 Å². The van der Waals surface area contributed by atoms with Gasteiger partial charge in [-0.25, -0.2) is 9.67 Å². The van der Waals surface area contributed by atoms with Gasteiger partial charge in [0.15, 0.2) is 5.82 Å². The Bertz CT molecular complexity index is 942. The zero-order valence-electron chi connectivity index (χ0n) is 15.6. The van der Waals surface area contributed by atoms with E-state index in [4.69, 9.17) is 4.74 Å². The smallest absolute Gasteiger partial charge is 0.153 e. The first-order valence-corrected chi connectivity index (χ1v) is 9.65. The van der Waals surface area contributed by atoms with Gasteiger partial charge in [0.05, 0.1) is 17.9 Å². The van der Waals surface area contributed by atoms with Crippen molar-refractivity contribution in [2.24, 2.45) is 0 Å². The topological polar surface area (TPSA) is 43.2 Å². The van der Waals surface area contributed by atoms with Crippen LogP contribution in [0.15, 0.2) is 54.9 Å². The van der Waals surface area contributed by atoms with Crippen molar-refractivity contribution in [3.8, 4) is 5.82 Å². The van der Waals surface area contributed by atoms with Gasteiger partial charge in [0.25, 0.3) is 0 Å². The Balaban J connectivity index is 1.29. The molecule has 0 bridgehead atoms. The molecule has 1 aromatic carbocycles. The molecule has 0 radical (unpaired) electrons. The van der Waals surface area contributed by atoms with Crippen LogP contribution in [0.3, 0.4) is 0 Å². The number of ether oxygens (including phenoxy) is 1. The van der Waals surface area contributed by atoms with E-state index in [9.17, 15) is 0 Å². The summed E-state index contributed by atoms with van der Waals surface area (Å²) in [4.78, 5) is 6.91. The first-order chi connectivity index (χ1) is 13.2. The van der Waals surface area contributed by atoms with E-state index >= 15 is 0 Å². The Morgan fingerprint density at radius 1 is 1.07 bits per heavy atom. The third kappa shape index (κ3) is 2.97. The molecule has 0 unspecified atom stereocenters. The predicted molar refractivity (Wildman–Crippen MR) is 104 cm³/mol. The van der Waals surface area contributed by atoms with Gasteiger partial charge in [-0.1, -0.05) is 30.3 Å². The van der Waals surface area contributed by atoms with Crippen LogP contribution in [-0.2, 0) is 23.5 Å². The Hall–Kier alpha value is -2.50. The van der Waals surface area contributed by atoms with Gasteiger partial charge in [-0.15, -0.1) is 0 Å². The van der Waals surface area contributed by atoms with Crippen molar-refractivity contribution in [3.05, 3.63) is 77.2 Å². The molecule has 5 heteroatoms. The lowest BCUT2D eigenvalue weighted by molar-refractivity contribution is -0.0799. The second-order valence-electron chi connectivity index (χ2n) is 7.59. The van der Waals surface area contributed by atoms with Crippen LogP contribution in [0.1, 0.15) is 35.2 Å². The van der Waals surface area contributed by atoms with Crippen molar-refractivity contribution in [1.29, 1.82) is 0 Å². The normalized spacial score (nSPS) is 18.7. The van der Waals surface area contributed by atoms with Crippen LogP contribution in [0.4, 0.5) is 0 Å². The molecule has 1 saturated heterocycles. The summed E-state index contributed by atoms with van der Waals surface area (Å²) in [7, 11) is 0. The van der Waals surface area contributed by atoms with E-state index in [0.717, 1.165) is 50.6 Å². The number of hydrogen-bond acceptors (Lipinski definition) is 4. The average molecular weight is 360 g/mol. The van der Waals surface area contributed by atoms with Gasteiger partial charge in [-0.05, 0) is 43.0 Å². The number of nitrogens with zero attached hydrogens (tertiary/aromatic N) is 4. The fourth-order valence-electron chi connectivity index (χ4n) is 4.37. The molecule has 5 rings (SSSR count).